The monoisotopic (exact) mass is 293 g/mol. The van der Waals surface area contributed by atoms with Crippen molar-refractivity contribution in [2.24, 2.45) is 11.8 Å². The molecule has 1 aromatic heterocycles. The predicted molar refractivity (Wildman–Crippen MR) is 79.9 cm³/mol. The molecule has 0 spiro atoms. The molecule has 2 heterocycles. The normalized spacial score (nSPS) is 34.0. The number of rotatable bonds is 4. The van der Waals surface area contributed by atoms with Crippen LogP contribution in [-0.2, 0) is 16.8 Å². The molecule has 1 saturated heterocycles. The average Bonchev–Trinajstić information content (AvgIpc) is 2.97. The fourth-order valence-electron chi connectivity index (χ4n) is 3.85. The molecular weight excluding hydrogens is 266 g/mol. The maximum absolute atomic E-state index is 5.84. The van der Waals surface area contributed by atoms with Crippen LogP contribution < -0.4 is 5.32 Å². The molecule has 1 aliphatic heterocycles. The Morgan fingerprint density at radius 3 is 3.00 bits per heavy atom. The van der Waals surface area contributed by atoms with Gasteiger partial charge in [-0.15, -0.1) is 0 Å². The van der Waals surface area contributed by atoms with Crippen molar-refractivity contribution in [1.29, 1.82) is 0 Å². The number of methoxy groups -OCH3 is 1. The first-order chi connectivity index (χ1) is 10.2. The van der Waals surface area contributed by atoms with E-state index < -0.39 is 0 Å². The highest BCUT2D eigenvalue weighted by Crippen LogP contribution is 2.41. The largest absolute Gasteiger partial charge is 0.370 e. The lowest BCUT2D eigenvalue weighted by Crippen LogP contribution is -2.35. The first-order valence-corrected chi connectivity index (χ1v) is 8.31. The predicted octanol–water partition coefficient (Wildman–Crippen LogP) is 2.66. The van der Waals surface area contributed by atoms with Gasteiger partial charge in [-0.3, -0.25) is 0 Å². The van der Waals surface area contributed by atoms with Gasteiger partial charge in [0.15, 0.2) is 0 Å². The molecule has 5 nitrogen and oxygen atoms in total. The lowest BCUT2D eigenvalue weighted by molar-refractivity contribution is -0.0658. The van der Waals surface area contributed by atoms with Gasteiger partial charge in [-0.05, 0) is 57.0 Å². The second-order valence-corrected chi connectivity index (χ2v) is 6.83. The van der Waals surface area contributed by atoms with Gasteiger partial charge < -0.3 is 14.6 Å². The molecule has 118 valence electrons. The Morgan fingerprint density at radius 1 is 1.38 bits per heavy atom. The van der Waals surface area contributed by atoms with Gasteiger partial charge in [0.25, 0.3) is 0 Å². The fourth-order valence-corrected chi connectivity index (χ4v) is 3.85. The SMILES string of the molecule is COC1(c2noc(CC3CCCNC3)n2)CCCC(C)C1. The van der Waals surface area contributed by atoms with E-state index in [1.807, 2.05) is 0 Å². The van der Waals surface area contributed by atoms with E-state index in [0.29, 0.717) is 11.8 Å². The van der Waals surface area contributed by atoms with Crippen LogP contribution in [0.3, 0.4) is 0 Å². The summed E-state index contributed by atoms with van der Waals surface area (Å²) >= 11 is 0. The third-order valence-electron chi connectivity index (χ3n) is 5.08. The number of hydrogen-bond acceptors (Lipinski definition) is 5. The molecule has 1 aliphatic carbocycles. The topological polar surface area (TPSA) is 60.2 Å². The van der Waals surface area contributed by atoms with Crippen molar-refractivity contribution in [1.82, 2.24) is 15.5 Å². The minimum Gasteiger partial charge on any atom is -0.370 e. The molecule has 0 radical (unpaired) electrons. The van der Waals surface area contributed by atoms with Gasteiger partial charge in [0.2, 0.25) is 11.7 Å². The molecule has 1 saturated carbocycles. The maximum atomic E-state index is 5.84. The molecular formula is C16H27N3O2. The van der Waals surface area contributed by atoms with Crippen molar-refractivity contribution < 1.29 is 9.26 Å². The van der Waals surface area contributed by atoms with Crippen LogP contribution in [0, 0.1) is 11.8 Å². The first-order valence-electron chi connectivity index (χ1n) is 8.31. The highest BCUT2D eigenvalue weighted by atomic mass is 16.5. The summed E-state index contributed by atoms with van der Waals surface area (Å²) in [7, 11) is 1.78. The summed E-state index contributed by atoms with van der Waals surface area (Å²) in [5, 5.41) is 7.69. The number of ether oxygens (including phenoxy) is 1. The van der Waals surface area contributed by atoms with Gasteiger partial charge >= 0.3 is 0 Å². The van der Waals surface area contributed by atoms with Gasteiger partial charge in [0, 0.05) is 13.5 Å². The van der Waals surface area contributed by atoms with Crippen molar-refractivity contribution in [2.45, 2.75) is 57.5 Å². The van der Waals surface area contributed by atoms with Crippen LogP contribution in [0.15, 0.2) is 4.52 Å². The Bertz CT molecular complexity index is 456. The first kappa shape index (κ1) is 15.0. The standard InChI is InChI=1S/C16H27N3O2/c1-12-5-3-7-16(10-12,20-2)15-18-14(21-19-15)9-13-6-4-8-17-11-13/h12-13,17H,3-11H2,1-2H3. The number of nitrogens with zero attached hydrogens (tertiary/aromatic N) is 2. The lowest BCUT2D eigenvalue weighted by Gasteiger charge is -2.36. The third kappa shape index (κ3) is 3.29. The minimum atomic E-state index is -0.329. The molecule has 3 rings (SSSR count). The van der Waals surface area contributed by atoms with E-state index in [9.17, 15) is 0 Å². The molecule has 3 atom stereocenters. The molecule has 1 N–H and O–H groups in total. The number of nitrogens with one attached hydrogen (secondary N) is 1. The van der Waals surface area contributed by atoms with Crippen molar-refractivity contribution in [2.75, 3.05) is 20.2 Å². The summed E-state index contributed by atoms with van der Waals surface area (Å²) in [6.45, 7) is 4.47. The zero-order valence-corrected chi connectivity index (χ0v) is 13.2. The van der Waals surface area contributed by atoms with E-state index >= 15 is 0 Å². The van der Waals surface area contributed by atoms with Crippen LogP contribution in [0.5, 0.6) is 0 Å². The zero-order chi connectivity index (χ0) is 14.7. The van der Waals surface area contributed by atoms with E-state index in [4.69, 9.17) is 9.26 Å². The molecule has 1 aromatic rings. The number of piperidine rings is 1. The third-order valence-corrected chi connectivity index (χ3v) is 5.08. The van der Waals surface area contributed by atoms with Crippen LogP contribution >= 0.6 is 0 Å². The Morgan fingerprint density at radius 2 is 2.29 bits per heavy atom. The van der Waals surface area contributed by atoms with Crippen molar-refractivity contribution >= 4 is 0 Å². The molecule has 21 heavy (non-hydrogen) atoms. The van der Waals surface area contributed by atoms with E-state index in [1.54, 1.807) is 7.11 Å². The van der Waals surface area contributed by atoms with E-state index in [0.717, 1.165) is 44.1 Å². The summed E-state index contributed by atoms with van der Waals surface area (Å²) in [6.07, 6.45) is 7.80. The van der Waals surface area contributed by atoms with Crippen molar-refractivity contribution in [3.8, 4) is 0 Å². The van der Waals surface area contributed by atoms with Gasteiger partial charge in [-0.25, -0.2) is 0 Å². The van der Waals surface area contributed by atoms with E-state index in [2.05, 4.69) is 22.4 Å². The molecule has 0 amide bonds. The smallest absolute Gasteiger partial charge is 0.227 e. The van der Waals surface area contributed by atoms with E-state index in [-0.39, 0.29) is 5.60 Å². The summed E-state index contributed by atoms with van der Waals surface area (Å²) in [5.41, 5.74) is -0.329. The maximum Gasteiger partial charge on any atom is 0.227 e. The van der Waals surface area contributed by atoms with E-state index in [1.165, 1.54) is 25.7 Å². The number of hydrogen-bond donors (Lipinski definition) is 1. The highest BCUT2D eigenvalue weighted by Gasteiger charge is 2.41. The lowest BCUT2D eigenvalue weighted by atomic mass is 9.78. The van der Waals surface area contributed by atoms with Gasteiger partial charge in [0.1, 0.15) is 5.60 Å². The van der Waals surface area contributed by atoms with Gasteiger partial charge in [-0.1, -0.05) is 18.5 Å². The minimum absolute atomic E-state index is 0.329. The molecule has 2 aliphatic rings. The van der Waals surface area contributed by atoms with Crippen LogP contribution in [-0.4, -0.2) is 30.3 Å². The summed E-state index contributed by atoms with van der Waals surface area (Å²) < 4.78 is 11.4. The van der Waals surface area contributed by atoms with Crippen LogP contribution in [0.25, 0.3) is 0 Å². The quantitative estimate of drug-likeness (QED) is 0.925. The summed E-state index contributed by atoms with van der Waals surface area (Å²) in [5.74, 6) is 2.81. The van der Waals surface area contributed by atoms with Gasteiger partial charge in [0.05, 0.1) is 0 Å². The molecule has 2 fully saturated rings. The second-order valence-electron chi connectivity index (χ2n) is 6.83. The molecule has 0 aromatic carbocycles. The fraction of sp³-hybridized carbons (Fsp3) is 0.875. The summed E-state index contributed by atoms with van der Waals surface area (Å²) in [6, 6.07) is 0. The summed E-state index contributed by atoms with van der Waals surface area (Å²) in [4.78, 5) is 4.67. The van der Waals surface area contributed by atoms with Crippen LogP contribution in [0.1, 0.15) is 57.2 Å². The number of aromatic nitrogens is 2. The van der Waals surface area contributed by atoms with Crippen molar-refractivity contribution in [3.05, 3.63) is 11.7 Å². The molecule has 0 bridgehead atoms. The average molecular weight is 293 g/mol. The molecule has 3 unspecified atom stereocenters. The second kappa shape index (κ2) is 6.44. The Kier molecular flexibility index (Phi) is 4.60. The zero-order valence-electron chi connectivity index (χ0n) is 13.2. The highest BCUT2D eigenvalue weighted by molar-refractivity contribution is 5.04. The Balaban J connectivity index is 1.70. The van der Waals surface area contributed by atoms with Gasteiger partial charge in [-0.2, -0.15) is 4.98 Å². The Hall–Kier alpha value is -0.940. The molecule has 5 heteroatoms. The van der Waals surface area contributed by atoms with Crippen molar-refractivity contribution in [3.63, 3.8) is 0 Å². The van der Waals surface area contributed by atoms with Crippen LogP contribution in [0.2, 0.25) is 0 Å². The van der Waals surface area contributed by atoms with Crippen LogP contribution in [0.4, 0.5) is 0 Å². The Labute approximate surface area is 126 Å².